The van der Waals surface area contributed by atoms with Crippen LogP contribution in [-0.4, -0.2) is 40.5 Å². The average Bonchev–Trinajstić information content (AvgIpc) is 3.29. The first-order valence-electron chi connectivity index (χ1n) is 12.8. The number of hydrogen-bond donors (Lipinski definition) is 2. The minimum atomic E-state index is -0.705. The van der Waals surface area contributed by atoms with Gasteiger partial charge in [-0.1, -0.05) is 34.6 Å². The van der Waals surface area contributed by atoms with Crippen molar-refractivity contribution in [3.8, 4) is 0 Å². The van der Waals surface area contributed by atoms with E-state index in [9.17, 15) is 19.8 Å². The molecule has 7 heteroatoms. The van der Waals surface area contributed by atoms with E-state index in [1.54, 1.807) is 18.6 Å². The van der Waals surface area contributed by atoms with Gasteiger partial charge in [0.05, 0.1) is 24.7 Å². The predicted molar refractivity (Wildman–Crippen MR) is 127 cm³/mol. The van der Waals surface area contributed by atoms with Gasteiger partial charge in [-0.15, -0.1) is 0 Å². The van der Waals surface area contributed by atoms with Crippen molar-refractivity contribution in [3.63, 3.8) is 0 Å². The summed E-state index contributed by atoms with van der Waals surface area (Å²) < 4.78 is 17.3. The van der Waals surface area contributed by atoms with Crippen molar-refractivity contribution >= 4 is 11.9 Å². The molecule has 1 aromatic rings. The molecule has 3 saturated carbocycles. The molecule has 0 bridgehead atoms. The Morgan fingerprint density at radius 1 is 1.09 bits per heavy atom. The smallest absolute Gasteiger partial charge is 0.331 e. The Balaban J connectivity index is 1.70. The van der Waals surface area contributed by atoms with E-state index in [1.807, 2.05) is 6.07 Å². The van der Waals surface area contributed by atoms with Gasteiger partial charge >= 0.3 is 11.9 Å². The van der Waals surface area contributed by atoms with Crippen molar-refractivity contribution in [2.24, 2.45) is 33.5 Å². The number of aliphatic hydroxyl groups excluding tert-OH is 2. The molecule has 4 aliphatic rings. The van der Waals surface area contributed by atoms with Gasteiger partial charge in [-0.2, -0.15) is 0 Å². The predicted octanol–water partition coefficient (Wildman–Crippen LogP) is 4.34. The van der Waals surface area contributed by atoms with E-state index in [2.05, 4.69) is 34.6 Å². The minimum absolute atomic E-state index is 0.0601. The van der Waals surface area contributed by atoms with Gasteiger partial charge in [0.25, 0.3) is 0 Å². The number of hydrogen-bond acceptors (Lipinski definition) is 7. The zero-order valence-corrected chi connectivity index (χ0v) is 21.5. The topological polar surface area (TPSA) is 106 Å². The first-order chi connectivity index (χ1) is 16.3. The summed E-state index contributed by atoms with van der Waals surface area (Å²) in [5.74, 6) is -0.915. The third kappa shape index (κ3) is 3.16. The van der Waals surface area contributed by atoms with Crippen LogP contribution in [0.25, 0.3) is 0 Å². The molecule has 2 heterocycles. The van der Waals surface area contributed by atoms with Gasteiger partial charge in [0.2, 0.25) is 0 Å². The maximum Gasteiger partial charge on any atom is 0.331 e. The van der Waals surface area contributed by atoms with Gasteiger partial charge in [-0.25, -0.2) is 4.79 Å². The molecule has 1 aliphatic heterocycles. The SMILES string of the molecule is CC(=O)O[C@@H]1CC2C(C)(C)[C@H](O)C[C@H](O)[C@]2(C)C2CC[C@@]3(C)C(=CC(=O)O[C@H]3c3ccoc3)[C@@]21C. The van der Waals surface area contributed by atoms with E-state index in [-0.39, 0.29) is 17.8 Å². The van der Waals surface area contributed by atoms with Crippen LogP contribution in [0.1, 0.15) is 78.9 Å². The molecule has 3 fully saturated rings. The van der Waals surface area contributed by atoms with Gasteiger partial charge in [0, 0.05) is 41.2 Å². The molecule has 9 atom stereocenters. The van der Waals surface area contributed by atoms with Crippen LogP contribution in [-0.2, 0) is 19.1 Å². The quantitative estimate of drug-likeness (QED) is 0.599. The standard InChI is InChI=1S/C28H38O7/c1-15(29)34-22-11-18-25(2,3)20(30)13-21(31)27(18,5)17-7-9-26(4)19(28(17,22)6)12-23(32)35-24(26)16-8-10-33-14-16/h8,10,12,14,17-18,20-22,24,30-31H,7,9,11,13H2,1-6H3/t17?,18?,20-,21+,22-,24+,26+,27-,28-/m1/s1. The van der Waals surface area contributed by atoms with Crippen LogP contribution in [0.3, 0.4) is 0 Å². The Bertz CT molecular complexity index is 1060. The second kappa shape index (κ2) is 7.69. The Labute approximate surface area is 206 Å². The Hall–Kier alpha value is -2.12. The fourth-order valence-electron chi connectivity index (χ4n) is 8.79. The molecule has 0 aromatic carbocycles. The molecule has 0 amide bonds. The summed E-state index contributed by atoms with van der Waals surface area (Å²) in [6.07, 6.45) is 4.77. The lowest BCUT2D eigenvalue weighted by molar-refractivity contribution is -0.257. The maximum absolute atomic E-state index is 13.0. The zero-order valence-electron chi connectivity index (χ0n) is 21.5. The van der Waals surface area contributed by atoms with Crippen molar-refractivity contribution in [1.29, 1.82) is 0 Å². The molecular formula is C28H38O7. The molecule has 2 N–H and O–H groups in total. The highest BCUT2D eigenvalue weighted by Crippen LogP contribution is 2.73. The molecular weight excluding hydrogens is 448 g/mol. The van der Waals surface area contributed by atoms with Gasteiger partial charge in [0.15, 0.2) is 0 Å². The highest BCUT2D eigenvalue weighted by molar-refractivity contribution is 5.85. The van der Waals surface area contributed by atoms with Crippen molar-refractivity contribution in [2.45, 2.75) is 91.6 Å². The Morgan fingerprint density at radius 3 is 2.43 bits per heavy atom. The van der Waals surface area contributed by atoms with Gasteiger partial charge < -0.3 is 24.1 Å². The number of cyclic esters (lactones) is 1. The molecule has 1 aromatic heterocycles. The summed E-state index contributed by atoms with van der Waals surface area (Å²) in [5, 5.41) is 22.5. The third-order valence-corrected chi connectivity index (χ3v) is 10.6. The maximum atomic E-state index is 13.0. The number of furan rings is 1. The number of aliphatic hydroxyl groups is 2. The first-order valence-corrected chi connectivity index (χ1v) is 12.8. The fraction of sp³-hybridized carbons (Fsp3) is 0.714. The molecule has 0 spiro atoms. The fourth-order valence-corrected chi connectivity index (χ4v) is 8.79. The molecule has 192 valence electrons. The zero-order chi connectivity index (χ0) is 25.6. The Morgan fingerprint density at radius 2 is 1.80 bits per heavy atom. The number of ether oxygens (including phenoxy) is 2. The van der Waals surface area contributed by atoms with Crippen LogP contribution >= 0.6 is 0 Å². The van der Waals surface area contributed by atoms with E-state index in [1.165, 1.54) is 6.92 Å². The lowest BCUT2D eigenvalue weighted by atomic mass is 9.36. The largest absolute Gasteiger partial charge is 0.472 e. The summed E-state index contributed by atoms with van der Waals surface area (Å²) >= 11 is 0. The normalized spacial score (nSPS) is 46.4. The van der Waals surface area contributed by atoms with Crippen molar-refractivity contribution < 1.29 is 33.7 Å². The molecule has 7 nitrogen and oxygen atoms in total. The van der Waals surface area contributed by atoms with Crippen LogP contribution < -0.4 is 0 Å². The van der Waals surface area contributed by atoms with Crippen LogP contribution in [0, 0.1) is 33.5 Å². The highest BCUT2D eigenvalue weighted by atomic mass is 16.6. The monoisotopic (exact) mass is 486 g/mol. The van der Waals surface area contributed by atoms with Crippen LogP contribution in [0.15, 0.2) is 34.7 Å². The van der Waals surface area contributed by atoms with Crippen molar-refractivity contribution in [2.75, 3.05) is 0 Å². The van der Waals surface area contributed by atoms with Gasteiger partial charge in [-0.3, -0.25) is 4.79 Å². The molecule has 0 radical (unpaired) electrons. The molecule has 0 saturated heterocycles. The van der Waals surface area contributed by atoms with Gasteiger partial charge in [-0.05, 0) is 48.2 Å². The summed E-state index contributed by atoms with van der Waals surface area (Å²) in [6, 6.07) is 1.83. The van der Waals surface area contributed by atoms with Crippen LogP contribution in [0.5, 0.6) is 0 Å². The number of rotatable bonds is 2. The molecule has 5 rings (SSSR count). The number of carbonyl (C=O) groups is 2. The van der Waals surface area contributed by atoms with E-state index >= 15 is 0 Å². The lowest BCUT2D eigenvalue weighted by Crippen LogP contribution is -2.70. The van der Waals surface area contributed by atoms with Crippen LogP contribution in [0.4, 0.5) is 0 Å². The van der Waals surface area contributed by atoms with E-state index < -0.39 is 52.0 Å². The second-order valence-corrected chi connectivity index (χ2v) is 12.6. The summed E-state index contributed by atoms with van der Waals surface area (Å²) in [7, 11) is 0. The second-order valence-electron chi connectivity index (χ2n) is 12.6. The Kier molecular flexibility index (Phi) is 5.40. The van der Waals surface area contributed by atoms with E-state index in [0.29, 0.717) is 12.8 Å². The summed E-state index contributed by atoms with van der Waals surface area (Å²) in [5.41, 5.74) is -0.467. The summed E-state index contributed by atoms with van der Waals surface area (Å²) in [4.78, 5) is 25.3. The third-order valence-electron chi connectivity index (χ3n) is 10.6. The summed E-state index contributed by atoms with van der Waals surface area (Å²) in [6.45, 7) is 11.9. The average molecular weight is 487 g/mol. The number of carbonyl (C=O) groups excluding carboxylic acids is 2. The van der Waals surface area contributed by atoms with Crippen LogP contribution in [0.2, 0.25) is 0 Å². The first kappa shape index (κ1) is 24.6. The van der Waals surface area contributed by atoms with Gasteiger partial charge in [0.1, 0.15) is 12.2 Å². The van der Waals surface area contributed by atoms with Crippen molar-refractivity contribution in [1.82, 2.24) is 0 Å². The minimum Gasteiger partial charge on any atom is -0.472 e. The number of esters is 2. The number of fused-ring (bicyclic) bond motifs is 5. The van der Waals surface area contributed by atoms with E-state index in [0.717, 1.165) is 24.0 Å². The molecule has 3 aliphatic carbocycles. The molecule has 2 unspecified atom stereocenters. The van der Waals surface area contributed by atoms with E-state index in [4.69, 9.17) is 13.9 Å². The lowest BCUT2D eigenvalue weighted by Gasteiger charge is -2.70. The van der Waals surface area contributed by atoms with Crippen molar-refractivity contribution in [3.05, 3.63) is 35.8 Å². The highest BCUT2D eigenvalue weighted by Gasteiger charge is 2.71. The molecule has 35 heavy (non-hydrogen) atoms.